The van der Waals surface area contributed by atoms with E-state index in [-0.39, 0.29) is 6.04 Å². The SMILES string of the molecule is CCN(CC)C(=O)C(C)N1CCC(C2CCCN2)CC1. The van der Waals surface area contributed by atoms with E-state index in [1.54, 1.807) is 0 Å². The van der Waals surface area contributed by atoms with Gasteiger partial charge in [-0.3, -0.25) is 9.69 Å². The summed E-state index contributed by atoms with van der Waals surface area (Å²) in [5.41, 5.74) is 0. The highest BCUT2D eigenvalue weighted by Gasteiger charge is 2.32. The van der Waals surface area contributed by atoms with Gasteiger partial charge in [0.2, 0.25) is 5.91 Å². The maximum Gasteiger partial charge on any atom is 0.239 e. The van der Waals surface area contributed by atoms with Crippen molar-refractivity contribution in [3.63, 3.8) is 0 Å². The molecule has 4 heteroatoms. The highest BCUT2D eigenvalue weighted by molar-refractivity contribution is 5.81. The number of likely N-dealkylation sites (tertiary alicyclic amines) is 1. The number of piperidine rings is 1. The predicted molar refractivity (Wildman–Crippen MR) is 82.7 cm³/mol. The Balaban J connectivity index is 1.81. The lowest BCUT2D eigenvalue weighted by Crippen LogP contribution is -2.51. The Labute approximate surface area is 123 Å². The summed E-state index contributed by atoms with van der Waals surface area (Å²) in [5, 5.41) is 3.64. The van der Waals surface area contributed by atoms with E-state index in [4.69, 9.17) is 0 Å². The van der Waals surface area contributed by atoms with E-state index in [1.807, 2.05) is 4.90 Å². The van der Waals surface area contributed by atoms with Crippen molar-refractivity contribution >= 4 is 5.91 Å². The molecular formula is C16H31N3O. The summed E-state index contributed by atoms with van der Waals surface area (Å²) in [5.74, 6) is 1.12. The van der Waals surface area contributed by atoms with Gasteiger partial charge < -0.3 is 10.2 Å². The Bertz CT molecular complexity index is 303. The van der Waals surface area contributed by atoms with E-state index in [9.17, 15) is 4.79 Å². The fourth-order valence-electron chi connectivity index (χ4n) is 3.78. The second kappa shape index (κ2) is 7.41. The van der Waals surface area contributed by atoms with Gasteiger partial charge in [-0.25, -0.2) is 0 Å². The van der Waals surface area contributed by atoms with Crippen molar-refractivity contribution in [3.05, 3.63) is 0 Å². The summed E-state index contributed by atoms with van der Waals surface area (Å²) >= 11 is 0. The largest absolute Gasteiger partial charge is 0.342 e. The molecule has 0 aliphatic carbocycles. The minimum absolute atomic E-state index is 0.0485. The Hall–Kier alpha value is -0.610. The third-order valence-corrected chi connectivity index (χ3v) is 5.22. The Morgan fingerprint density at radius 1 is 1.25 bits per heavy atom. The lowest BCUT2D eigenvalue weighted by atomic mass is 9.88. The molecule has 0 spiro atoms. The average Bonchev–Trinajstić information content (AvgIpc) is 3.02. The number of likely N-dealkylation sites (N-methyl/N-ethyl adjacent to an activating group) is 1. The van der Waals surface area contributed by atoms with Gasteiger partial charge in [-0.15, -0.1) is 0 Å². The molecule has 0 radical (unpaired) electrons. The highest BCUT2D eigenvalue weighted by atomic mass is 16.2. The van der Waals surface area contributed by atoms with Crippen LogP contribution in [0, 0.1) is 5.92 Å². The van der Waals surface area contributed by atoms with Crippen molar-refractivity contribution in [1.29, 1.82) is 0 Å². The fraction of sp³-hybridized carbons (Fsp3) is 0.938. The zero-order valence-corrected chi connectivity index (χ0v) is 13.4. The first-order chi connectivity index (χ1) is 9.67. The topological polar surface area (TPSA) is 35.6 Å². The third-order valence-electron chi connectivity index (χ3n) is 5.22. The highest BCUT2D eigenvalue weighted by Crippen LogP contribution is 2.26. The fourth-order valence-corrected chi connectivity index (χ4v) is 3.78. The zero-order valence-electron chi connectivity index (χ0n) is 13.4. The van der Waals surface area contributed by atoms with E-state index >= 15 is 0 Å². The van der Waals surface area contributed by atoms with Crippen LogP contribution in [0.5, 0.6) is 0 Å². The molecule has 2 unspecified atom stereocenters. The Kier molecular flexibility index (Phi) is 5.85. The first-order valence-electron chi connectivity index (χ1n) is 8.43. The summed E-state index contributed by atoms with van der Waals surface area (Å²) in [6, 6.07) is 0.790. The molecule has 2 atom stereocenters. The van der Waals surface area contributed by atoms with Crippen LogP contribution in [-0.2, 0) is 4.79 Å². The van der Waals surface area contributed by atoms with Crippen molar-refractivity contribution in [2.24, 2.45) is 5.92 Å². The summed E-state index contributed by atoms with van der Waals surface area (Å²) in [6.07, 6.45) is 5.17. The van der Waals surface area contributed by atoms with E-state index in [0.717, 1.165) is 38.1 Å². The molecular weight excluding hydrogens is 250 g/mol. The van der Waals surface area contributed by atoms with Crippen LogP contribution in [-0.4, -0.2) is 60.5 Å². The molecule has 4 nitrogen and oxygen atoms in total. The van der Waals surface area contributed by atoms with E-state index in [2.05, 4.69) is 31.0 Å². The van der Waals surface area contributed by atoms with Crippen molar-refractivity contribution in [1.82, 2.24) is 15.1 Å². The van der Waals surface area contributed by atoms with Gasteiger partial charge in [0.15, 0.2) is 0 Å². The van der Waals surface area contributed by atoms with Crippen molar-refractivity contribution < 1.29 is 4.79 Å². The van der Waals surface area contributed by atoms with Crippen LogP contribution in [0.2, 0.25) is 0 Å². The molecule has 2 rings (SSSR count). The number of rotatable bonds is 5. The third kappa shape index (κ3) is 3.53. The molecule has 1 N–H and O–H groups in total. The Morgan fingerprint density at radius 2 is 1.90 bits per heavy atom. The van der Waals surface area contributed by atoms with Crippen LogP contribution >= 0.6 is 0 Å². The monoisotopic (exact) mass is 281 g/mol. The number of nitrogens with zero attached hydrogens (tertiary/aromatic N) is 2. The zero-order chi connectivity index (χ0) is 14.5. The lowest BCUT2D eigenvalue weighted by Gasteiger charge is -2.38. The van der Waals surface area contributed by atoms with Gasteiger partial charge >= 0.3 is 0 Å². The number of nitrogens with one attached hydrogen (secondary N) is 1. The van der Waals surface area contributed by atoms with Gasteiger partial charge in [0.05, 0.1) is 6.04 Å². The molecule has 2 aliphatic rings. The number of amides is 1. The van der Waals surface area contributed by atoms with Crippen molar-refractivity contribution in [2.45, 2.75) is 58.5 Å². The summed E-state index contributed by atoms with van der Waals surface area (Å²) < 4.78 is 0. The first-order valence-corrected chi connectivity index (χ1v) is 8.43. The molecule has 0 saturated carbocycles. The van der Waals surface area contributed by atoms with Gasteiger partial charge in [0.1, 0.15) is 0 Å². The number of carbonyl (C=O) groups excluding carboxylic acids is 1. The maximum absolute atomic E-state index is 12.4. The molecule has 0 aromatic heterocycles. The van der Waals surface area contributed by atoms with Crippen LogP contribution < -0.4 is 5.32 Å². The molecule has 116 valence electrons. The molecule has 2 fully saturated rings. The summed E-state index contributed by atoms with van der Waals surface area (Å²) in [6.45, 7) is 11.2. The molecule has 0 aromatic carbocycles. The molecule has 2 aliphatic heterocycles. The second-order valence-electron chi connectivity index (χ2n) is 6.26. The van der Waals surface area contributed by atoms with Crippen LogP contribution in [0.3, 0.4) is 0 Å². The molecule has 0 aromatic rings. The Morgan fingerprint density at radius 3 is 2.40 bits per heavy atom. The van der Waals surface area contributed by atoms with Crippen LogP contribution in [0.4, 0.5) is 0 Å². The van der Waals surface area contributed by atoms with Crippen LogP contribution in [0.15, 0.2) is 0 Å². The van der Waals surface area contributed by atoms with Crippen LogP contribution in [0.1, 0.15) is 46.5 Å². The maximum atomic E-state index is 12.4. The lowest BCUT2D eigenvalue weighted by molar-refractivity contribution is -0.136. The summed E-state index contributed by atoms with van der Waals surface area (Å²) in [4.78, 5) is 16.7. The molecule has 0 bridgehead atoms. The van der Waals surface area contributed by atoms with E-state index < -0.39 is 0 Å². The van der Waals surface area contributed by atoms with Gasteiger partial charge in [-0.05, 0) is 72.0 Å². The molecule has 2 heterocycles. The predicted octanol–water partition coefficient (Wildman–Crippen LogP) is 1.71. The van der Waals surface area contributed by atoms with Gasteiger partial charge in [0, 0.05) is 19.1 Å². The summed E-state index contributed by atoms with van der Waals surface area (Å²) in [7, 11) is 0. The molecule has 1 amide bonds. The molecule has 2 saturated heterocycles. The van der Waals surface area contributed by atoms with Crippen molar-refractivity contribution in [3.8, 4) is 0 Å². The minimum atomic E-state index is 0.0485. The molecule has 20 heavy (non-hydrogen) atoms. The van der Waals surface area contributed by atoms with E-state index in [1.165, 1.54) is 32.2 Å². The quantitative estimate of drug-likeness (QED) is 0.833. The van der Waals surface area contributed by atoms with Crippen LogP contribution in [0.25, 0.3) is 0 Å². The van der Waals surface area contributed by atoms with E-state index in [0.29, 0.717) is 5.91 Å². The average molecular weight is 281 g/mol. The number of hydrogen-bond donors (Lipinski definition) is 1. The number of carbonyl (C=O) groups is 1. The van der Waals surface area contributed by atoms with Crippen molar-refractivity contribution in [2.75, 3.05) is 32.7 Å². The standard InChI is InChI=1S/C16H31N3O/c1-4-18(5-2)16(20)13(3)19-11-8-14(9-12-19)15-7-6-10-17-15/h13-15,17H,4-12H2,1-3H3. The first kappa shape index (κ1) is 15.8. The normalized spacial score (nSPS) is 26.6. The second-order valence-corrected chi connectivity index (χ2v) is 6.26. The smallest absolute Gasteiger partial charge is 0.239 e. The minimum Gasteiger partial charge on any atom is -0.342 e. The number of hydrogen-bond acceptors (Lipinski definition) is 3. The van der Waals surface area contributed by atoms with Gasteiger partial charge in [-0.2, -0.15) is 0 Å². The van der Waals surface area contributed by atoms with Gasteiger partial charge in [0.25, 0.3) is 0 Å². The van der Waals surface area contributed by atoms with Gasteiger partial charge in [-0.1, -0.05) is 0 Å².